The summed E-state index contributed by atoms with van der Waals surface area (Å²) >= 11 is 0. The molecule has 0 bridgehead atoms. The predicted molar refractivity (Wildman–Crippen MR) is 57.8 cm³/mol. The van der Waals surface area contributed by atoms with Crippen molar-refractivity contribution >= 4 is 5.91 Å². The summed E-state index contributed by atoms with van der Waals surface area (Å²) in [6.45, 7) is 9.00. The van der Waals surface area contributed by atoms with Gasteiger partial charge in [0.05, 0.1) is 0 Å². The molecule has 3 heteroatoms. The molecule has 0 aromatic rings. The molecule has 1 aliphatic heterocycles. The minimum atomic E-state index is -0.386. The highest BCUT2D eigenvalue weighted by atomic mass is 16.2. The van der Waals surface area contributed by atoms with E-state index in [9.17, 15) is 4.79 Å². The molecular weight excluding hydrogens is 176 g/mol. The minimum absolute atomic E-state index is 0.203. The number of nitrogens with two attached hydrogens (primary N) is 1. The standard InChI is InChI=1S/C11H22N2O/c1-8-5-9(2)13(7-8)10(14)6-11(3,4)12/h8-9H,5-7,12H2,1-4H3. The fourth-order valence-corrected chi connectivity index (χ4v) is 2.14. The van der Waals surface area contributed by atoms with Gasteiger partial charge in [0.15, 0.2) is 0 Å². The first-order valence-electron chi connectivity index (χ1n) is 5.38. The minimum Gasteiger partial charge on any atom is -0.340 e. The van der Waals surface area contributed by atoms with Gasteiger partial charge in [0.1, 0.15) is 0 Å². The highest BCUT2D eigenvalue weighted by Gasteiger charge is 2.31. The van der Waals surface area contributed by atoms with E-state index in [1.807, 2.05) is 18.7 Å². The molecule has 1 amide bonds. The summed E-state index contributed by atoms with van der Waals surface area (Å²) in [6.07, 6.45) is 1.57. The number of carbonyl (C=O) groups excluding carboxylic acids is 1. The summed E-state index contributed by atoms with van der Waals surface area (Å²) in [5, 5.41) is 0. The van der Waals surface area contributed by atoms with Crippen molar-refractivity contribution < 1.29 is 4.79 Å². The molecule has 0 spiro atoms. The maximum atomic E-state index is 11.9. The number of likely N-dealkylation sites (tertiary alicyclic amines) is 1. The van der Waals surface area contributed by atoms with Crippen LogP contribution in [0.2, 0.25) is 0 Å². The van der Waals surface area contributed by atoms with Crippen molar-refractivity contribution in [3.8, 4) is 0 Å². The van der Waals surface area contributed by atoms with Crippen LogP contribution in [0.3, 0.4) is 0 Å². The van der Waals surface area contributed by atoms with E-state index >= 15 is 0 Å². The second-order valence-corrected chi connectivity index (χ2v) is 5.40. The Labute approximate surface area is 86.6 Å². The van der Waals surface area contributed by atoms with Crippen LogP contribution in [0.1, 0.15) is 40.5 Å². The maximum Gasteiger partial charge on any atom is 0.224 e. The highest BCUT2D eigenvalue weighted by molar-refractivity contribution is 5.78. The van der Waals surface area contributed by atoms with Crippen molar-refractivity contribution in [3.05, 3.63) is 0 Å². The van der Waals surface area contributed by atoms with Crippen LogP contribution in [0.15, 0.2) is 0 Å². The number of rotatable bonds is 2. The van der Waals surface area contributed by atoms with Crippen molar-refractivity contribution in [2.75, 3.05) is 6.54 Å². The Hall–Kier alpha value is -0.570. The third kappa shape index (κ3) is 2.98. The molecule has 2 atom stereocenters. The zero-order chi connectivity index (χ0) is 10.9. The van der Waals surface area contributed by atoms with E-state index in [0.29, 0.717) is 18.4 Å². The summed E-state index contributed by atoms with van der Waals surface area (Å²) in [5.74, 6) is 0.837. The molecule has 2 N–H and O–H groups in total. The average molecular weight is 198 g/mol. The van der Waals surface area contributed by atoms with Gasteiger partial charge < -0.3 is 10.6 Å². The highest BCUT2D eigenvalue weighted by Crippen LogP contribution is 2.23. The maximum absolute atomic E-state index is 11.9. The lowest BCUT2D eigenvalue weighted by Crippen LogP contribution is -2.42. The SMILES string of the molecule is CC1CC(C)N(C(=O)CC(C)(C)N)C1. The quantitative estimate of drug-likeness (QED) is 0.728. The molecule has 1 aliphatic rings. The first-order valence-corrected chi connectivity index (χ1v) is 5.38. The third-order valence-corrected chi connectivity index (χ3v) is 2.71. The smallest absolute Gasteiger partial charge is 0.224 e. The second-order valence-electron chi connectivity index (χ2n) is 5.40. The van der Waals surface area contributed by atoms with Gasteiger partial charge in [-0.2, -0.15) is 0 Å². The lowest BCUT2D eigenvalue weighted by Gasteiger charge is -2.26. The summed E-state index contributed by atoms with van der Waals surface area (Å²) in [5.41, 5.74) is 5.45. The van der Waals surface area contributed by atoms with E-state index in [-0.39, 0.29) is 11.4 Å². The van der Waals surface area contributed by atoms with Gasteiger partial charge in [-0.1, -0.05) is 6.92 Å². The van der Waals surface area contributed by atoms with E-state index in [1.165, 1.54) is 0 Å². The molecule has 0 aromatic carbocycles. The number of amides is 1. The van der Waals surface area contributed by atoms with Crippen LogP contribution in [0, 0.1) is 5.92 Å². The van der Waals surface area contributed by atoms with Gasteiger partial charge >= 0.3 is 0 Å². The van der Waals surface area contributed by atoms with Crippen molar-refractivity contribution in [2.24, 2.45) is 11.7 Å². The van der Waals surface area contributed by atoms with E-state index in [0.717, 1.165) is 13.0 Å². The van der Waals surface area contributed by atoms with Crippen LogP contribution in [-0.4, -0.2) is 28.9 Å². The van der Waals surface area contributed by atoms with Crippen molar-refractivity contribution in [1.82, 2.24) is 4.90 Å². The Morgan fingerprint density at radius 3 is 2.43 bits per heavy atom. The Kier molecular flexibility index (Phi) is 3.20. The van der Waals surface area contributed by atoms with Crippen LogP contribution in [0.25, 0.3) is 0 Å². The van der Waals surface area contributed by atoms with E-state index in [1.54, 1.807) is 0 Å². The average Bonchev–Trinajstić information content (AvgIpc) is 2.26. The second kappa shape index (κ2) is 3.89. The van der Waals surface area contributed by atoms with Crippen LogP contribution in [-0.2, 0) is 4.79 Å². The summed E-state index contributed by atoms with van der Waals surface area (Å²) in [6, 6.07) is 0.389. The fraction of sp³-hybridized carbons (Fsp3) is 0.909. The van der Waals surface area contributed by atoms with Gasteiger partial charge in [0.25, 0.3) is 0 Å². The Balaban J connectivity index is 2.53. The molecule has 1 saturated heterocycles. The van der Waals surface area contributed by atoms with Gasteiger partial charge in [-0.3, -0.25) is 4.79 Å². The Morgan fingerprint density at radius 2 is 2.07 bits per heavy atom. The normalized spacial score (nSPS) is 28.2. The molecule has 82 valence electrons. The molecule has 0 radical (unpaired) electrons. The van der Waals surface area contributed by atoms with Crippen molar-refractivity contribution in [3.63, 3.8) is 0 Å². The number of hydrogen-bond acceptors (Lipinski definition) is 2. The van der Waals surface area contributed by atoms with Gasteiger partial charge in [-0.15, -0.1) is 0 Å². The molecule has 0 aromatic heterocycles. The Morgan fingerprint density at radius 1 is 1.50 bits per heavy atom. The third-order valence-electron chi connectivity index (χ3n) is 2.71. The summed E-state index contributed by atoms with van der Waals surface area (Å²) in [4.78, 5) is 13.8. The van der Waals surface area contributed by atoms with Crippen molar-refractivity contribution in [2.45, 2.75) is 52.1 Å². The predicted octanol–water partition coefficient (Wildman–Crippen LogP) is 1.37. The molecule has 3 nitrogen and oxygen atoms in total. The molecule has 1 fully saturated rings. The molecular formula is C11H22N2O. The summed E-state index contributed by atoms with van der Waals surface area (Å²) in [7, 11) is 0. The first-order chi connectivity index (χ1) is 6.29. The van der Waals surface area contributed by atoms with E-state index < -0.39 is 0 Å². The van der Waals surface area contributed by atoms with Gasteiger partial charge in [-0.05, 0) is 33.1 Å². The molecule has 0 saturated carbocycles. The lowest BCUT2D eigenvalue weighted by molar-refractivity contribution is -0.132. The van der Waals surface area contributed by atoms with Gasteiger partial charge in [-0.25, -0.2) is 0 Å². The largest absolute Gasteiger partial charge is 0.340 e. The van der Waals surface area contributed by atoms with E-state index in [2.05, 4.69) is 13.8 Å². The lowest BCUT2D eigenvalue weighted by atomic mass is 10.0. The monoisotopic (exact) mass is 198 g/mol. The van der Waals surface area contributed by atoms with Gasteiger partial charge in [0, 0.05) is 24.5 Å². The van der Waals surface area contributed by atoms with Crippen molar-refractivity contribution in [1.29, 1.82) is 0 Å². The van der Waals surface area contributed by atoms with Crippen LogP contribution < -0.4 is 5.73 Å². The number of nitrogens with zero attached hydrogens (tertiary/aromatic N) is 1. The molecule has 1 rings (SSSR count). The fourth-order valence-electron chi connectivity index (χ4n) is 2.14. The molecule has 1 heterocycles. The van der Waals surface area contributed by atoms with Crippen LogP contribution in [0.5, 0.6) is 0 Å². The molecule has 2 unspecified atom stereocenters. The zero-order valence-electron chi connectivity index (χ0n) is 9.71. The van der Waals surface area contributed by atoms with Crippen LogP contribution >= 0.6 is 0 Å². The number of carbonyl (C=O) groups is 1. The number of hydrogen-bond donors (Lipinski definition) is 1. The Bertz CT molecular complexity index is 220. The van der Waals surface area contributed by atoms with Gasteiger partial charge in [0.2, 0.25) is 5.91 Å². The summed E-state index contributed by atoms with van der Waals surface area (Å²) < 4.78 is 0. The molecule has 14 heavy (non-hydrogen) atoms. The zero-order valence-corrected chi connectivity index (χ0v) is 9.71. The topological polar surface area (TPSA) is 46.3 Å². The first kappa shape index (κ1) is 11.5. The van der Waals surface area contributed by atoms with E-state index in [4.69, 9.17) is 5.73 Å². The van der Waals surface area contributed by atoms with Crippen LogP contribution in [0.4, 0.5) is 0 Å². The molecule has 0 aliphatic carbocycles.